The van der Waals surface area contributed by atoms with Gasteiger partial charge in [-0.1, -0.05) is 42.5 Å². The van der Waals surface area contributed by atoms with Crippen LogP contribution in [0, 0.1) is 0 Å². The average molecular weight is 521 g/mol. The number of aromatic nitrogens is 4. The Morgan fingerprint density at radius 2 is 1.56 bits per heavy atom. The maximum Gasteiger partial charge on any atom is 0.225 e. The molecule has 0 aliphatic rings. The Kier molecular flexibility index (Phi) is 4.93. The Labute approximate surface area is 227 Å². The van der Waals surface area contributed by atoms with Gasteiger partial charge in [0.2, 0.25) is 5.89 Å². The number of para-hydroxylation sites is 1. The second-order valence-corrected chi connectivity index (χ2v) is 10.4. The van der Waals surface area contributed by atoms with Gasteiger partial charge in [-0.3, -0.25) is 4.98 Å². The van der Waals surface area contributed by atoms with Crippen molar-refractivity contribution in [1.82, 2.24) is 19.5 Å². The third kappa shape index (κ3) is 3.65. The number of hydrogen-bond donors (Lipinski definition) is 0. The molecule has 0 aliphatic carbocycles. The highest BCUT2D eigenvalue weighted by Crippen LogP contribution is 2.38. The maximum absolute atomic E-state index is 5.61. The van der Waals surface area contributed by atoms with Crippen molar-refractivity contribution in [2.45, 2.75) is 0 Å². The standard InChI is InChI=1S/C33H20N4OS/c1-2-10-31-28(9-1)36-33(39-31)23-11-13-25-26-19-22(32-35-16-17-38-32)12-14-29(26)37(30(25)20-23)24-7-5-6-21(18-24)27-8-3-4-15-34-27/h1-20H. The van der Waals surface area contributed by atoms with Crippen molar-refractivity contribution < 1.29 is 4.42 Å². The fourth-order valence-corrected chi connectivity index (χ4v) is 6.23. The summed E-state index contributed by atoms with van der Waals surface area (Å²) in [6.07, 6.45) is 5.11. The number of rotatable bonds is 4. The number of benzene rings is 4. The predicted molar refractivity (Wildman–Crippen MR) is 158 cm³/mol. The topological polar surface area (TPSA) is 56.7 Å². The Morgan fingerprint density at radius 3 is 2.44 bits per heavy atom. The zero-order valence-electron chi connectivity index (χ0n) is 20.7. The Balaban J connectivity index is 1.39. The summed E-state index contributed by atoms with van der Waals surface area (Å²) in [5.41, 5.74) is 8.39. The minimum atomic E-state index is 0.612. The number of nitrogens with zero attached hydrogens (tertiary/aromatic N) is 4. The molecule has 0 spiro atoms. The van der Waals surface area contributed by atoms with Crippen molar-refractivity contribution in [1.29, 1.82) is 0 Å². The molecule has 0 unspecified atom stereocenters. The van der Waals surface area contributed by atoms with Crippen molar-refractivity contribution >= 4 is 43.4 Å². The van der Waals surface area contributed by atoms with E-state index < -0.39 is 0 Å². The first kappa shape index (κ1) is 22.0. The average Bonchev–Trinajstić information content (AvgIpc) is 3.75. The van der Waals surface area contributed by atoms with E-state index in [4.69, 9.17) is 9.40 Å². The van der Waals surface area contributed by atoms with Gasteiger partial charge < -0.3 is 8.98 Å². The Hall–Kier alpha value is -5.07. The van der Waals surface area contributed by atoms with Crippen LogP contribution in [0.25, 0.3) is 71.0 Å². The highest BCUT2D eigenvalue weighted by molar-refractivity contribution is 7.21. The van der Waals surface area contributed by atoms with Crippen LogP contribution in [-0.4, -0.2) is 19.5 Å². The molecule has 4 heterocycles. The SMILES string of the molecule is c1ccc(-c2cccc(-n3c4ccc(-c5ncco5)cc4c4ccc(-c5nc6ccccc6s5)cc43)c2)nc1. The molecule has 184 valence electrons. The van der Waals surface area contributed by atoms with Crippen LogP contribution in [-0.2, 0) is 0 Å². The van der Waals surface area contributed by atoms with Crippen LogP contribution in [0.5, 0.6) is 0 Å². The van der Waals surface area contributed by atoms with E-state index in [0.717, 1.165) is 60.4 Å². The molecule has 8 rings (SSSR count). The molecule has 0 saturated carbocycles. The molecular formula is C33H20N4OS. The molecule has 4 aromatic heterocycles. The van der Waals surface area contributed by atoms with Crippen molar-refractivity contribution in [3.8, 4) is 39.0 Å². The third-order valence-electron chi connectivity index (χ3n) is 7.05. The van der Waals surface area contributed by atoms with Crippen LogP contribution in [0.4, 0.5) is 0 Å². The Bertz CT molecular complexity index is 2090. The second-order valence-electron chi connectivity index (χ2n) is 9.39. The first-order valence-corrected chi connectivity index (χ1v) is 13.5. The van der Waals surface area contributed by atoms with E-state index in [1.54, 1.807) is 23.8 Å². The van der Waals surface area contributed by atoms with E-state index in [1.165, 1.54) is 4.70 Å². The summed E-state index contributed by atoms with van der Waals surface area (Å²) < 4.78 is 9.12. The molecule has 0 aliphatic heterocycles. The van der Waals surface area contributed by atoms with E-state index in [9.17, 15) is 0 Å². The summed E-state index contributed by atoms with van der Waals surface area (Å²) in [7, 11) is 0. The van der Waals surface area contributed by atoms with E-state index in [-0.39, 0.29) is 0 Å². The van der Waals surface area contributed by atoms with Gasteiger partial charge in [-0.2, -0.15) is 0 Å². The van der Waals surface area contributed by atoms with Crippen molar-refractivity contribution in [2.24, 2.45) is 0 Å². The van der Waals surface area contributed by atoms with E-state index in [0.29, 0.717) is 5.89 Å². The molecule has 0 bridgehead atoms. The second kappa shape index (κ2) is 8.75. The number of fused-ring (bicyclic) bond motifs is 4. The molecule has 0 fully saturated rings. The minimum Gasteiger partial charge on any atom is -0.445 e. The zero-order valence-corrected chi connectivity index (χ0v) is 21.5. The number of hydrogen-bond acceptors (Lipinski definition) is 5. The largest absolute Gasteiger partial charge is 0.445 e. The fourth-order valence-electron chi connectivity index (χ4n) is 5.26. The molecule has 6 heteroatoms. The summed E-state index contributed by atoms with van der Waals surface area (Å²) in [6.45, 7) is 0. The molecule has 0 amide bonds. The molecule has 0 radical (unpaired) electrons. The van der Waals surface area contributed by atoms with Gasteiger partial charge >= 0.3 is 0 Å². The lowest BCUT2D eigenvalue weighted by Gasteiger charge is -2.10. The van der Waals surface area contributed by atoms with Gasteiger partial charge in [-0.15, -0.1) is 11.3 Å². The molecule has 39 heavy (non-hydrogen) atoms. The summed E-state index contributed by atoms with van der Waals surface area (Å²) in [5, 5.41) is 3.31. The van der Waals surface area contributed by atoms with Crippen LogP contribution in [0.2, 0.25) is 0 Å². The van der Waals surface area contributed by atoms with Crippen molar-refractivity contribution in [3.63, 3.8) is 0 Å². The lowest BCUT2D eigenvalue weighted by Crippen LogP contribution is -1.95. The van der Waals surface area contributed by atoms with Crippen LogP contribution in [0.3, 0.4) is 0 Å². The smallest absolute Gasteiger partial charge is 0.225 e. The third-order valence-corrected chi connectivity index (χ3v) is 8.14. The molecule has 5 nitrogen and oxygen atoms in total. The van der Waals surface area contributed by atoms with E-state index >= 15 is 0 Å². The lowest BCUT2D eigenvalue weighted by atomic mass is 10.1. The van der Waals surface area contributed by atoms with Crippen LogP contribution in [0.1, 0.15) is 0 Å². The fraction of sp³-hybridized carbons (Fsp3) is 0. The molecule has 0 N–H and O–H groups in total. The lowest BCUT2D eigenvalue weighted by molar-refractivity contribution is 0.574. The van der Waals surface area contributed by atoms with Crippen LogP contribution in [0.15, 0.2) is 126 Å². The van der Waals surface area contributed by atoms with Gasteiger partial charge in [0.25, 0.3) is 0 Å². The van der Waals surface area contributed by atoms with Gasteiger partial charge in [0.1, 0.15) is 11.3 Å². The quantitative estimate of drug-likeness (QED) is 0.233. The predicted octanol–water partition coefficient (Wildman–Crippen LogP) is 8.78. The molecule has 4 aromatic carbocycles. The first-order valence-electron chi connectivity index (χ1n) is 12.7. The highest BCUT2D eigenvalue weighted by atomic mass is 32.1. The zero-order chi connectivity index (χ0) is 25.8. The molecule has 0 saturated heterocycles. The van der Waals surface area contributed by atoms with Crippen LogP contribution < -0.4 is 0 Å². The van der Waals surface area contributed by atoms with Gasteiger partial charge in [-0.05, 0) is 60.7 Å². The summed E-state index contributed by atoms with van der Waals surface area (Å²) in [4.78, 5) is 13.9. The molecule has 8 aromatic rings. The number of oxazole rings is 1. The summed E-state index contributed by atoms with van der Waals surface area (Å²) in [6, 6.07) is 35.9. The van der Waals surface area contributed by atoms with Gasteiger partial charge in [0, 0.05) is 39.3 Å². The van der Waals surface area contributed by atoms with Gasteiger partial charge in [0.15, 0.2) is 0 Å². The minimum absolute atomic E-state index is 0.612. The maximum atomic E-state index is 5.61. The first-order chi connectivity index (χ1) is 19.3. The Morgan fingerprint density at radius 1 is 0.641 bits per heavy atom. The van der Waals surface area contributed by atoms with E-state index in [1.807, 2.05) is 30.5 Å². The number of thiazole rings is 1. The normalized spacial score (nSPS) is 11.6. The summed E-state index contributed by atoms with van der Waals surface area (Å²) in [5.74, 6) is 0.612. The van der Waals surface area contributed by atoms with Crippen LogP contribution >= 0.6 is 11.3 Å². The van der Waals surface area contributed by atoms with Crippen molar-refractivity contribution in [2.75, 3.05) is 0 Å². The van der Waals surface area contributed by atoms with E-state index in [2.05, 4.69) is 93.4 Å². The highest BCUT2D eigenvalue weighted by Gasteiger charge is 2.17. The van der Waals surface area contributed by atoms with Gasteiger partial charge in [0.05, 0.1) is 33.1 Å². The monoisotopic (exact) mass is 520 g/mol. The summed E-state index contributed by atoms with van der Waals surface area (Å²) >= 11 is 1.72. The van der Waals surface area contributed by atoms with Gasteiger partial charge in [-0.25, -0.2) is 9.97 Å². The molecular weight excluding hydrogens is 500 g/mol. The van der Waals surface area contributed by atoms with Crippen molar-refractivity contribution in [3.05, 3.63) is 122 Å². The number of pyridine rings is 1. The molecule has 0 atom stereocenters.